The number of phenolic OH excluding ortho intramolecular Hbond substituents is 1. The van der Waals surface area contributed by atoms with Crippen molar-refractivity contribution in [2.24, 2.45) is 5.92 Å². The van der Waals surface area contributed by atoms with Gasteiger partial charge in [-0.15, -0.1) is 10.2 Å². The summed E-state index contributed by atoms with van der Waals surface area (Å²) in [5, 5.41) is 32.0. The van der Waals surface area contributed by atoms with Gasteiger partial charge in [0.2, 0.25) is 0 Å². The summed E-state index contributed by atoms with van der Waals surface area (Å²) >= 11 is 0. The summed E-state index contributed by atoms with van der Waals surface area (Å²) in [4.78, 5) is 22.0. The molecule has 1 atom stereocenters. The zero-order valence-electron chi connectivity index (χ0n) is 24.6. The Morgan fingerprint density at radius 3 is 2.07 bits per heavy atom. The lowest BCUT2D eigenvalue weighted by molar-refractivity contribution is -0.143. The summed E-state index contributed by atoms with van der Waals surface area (Å²) in [6.07, 6.45) is 8.79. The van der Waals surface area contributed by atoms with E-state index in [9.17, 15) is 15.0 Å². The fraction of sp³-hybridized carbons (Fsp3) is 0.656. The fourth-order valence-electron chi connectivity index (χ4n) is 8.39. The average Bonchev–Trinajstić information content (AvgIpc) is 3.04. The van der Waals surface area contributed by atoms with Crippen LogP contribution >= 0.6 is 0 Å². The number of likely N-dealkylation sites (tertiary alicyclic amines) is 2. The number of hydrogen-bond donors (Lipinski definition) is 3. The minimum absolute atomic E-state index is 0.120. The van der Waals surface area contributed by atoms with Gasteiger partial charge in [0.15, 0.2) is 5.82 Å². The van der Waals surface area contributed by atoms with E-state index in [0.29, 0.717) is 35.4 Å². The van der Waals surface area contributed by atoms with Crippen LogP contribution in [0.4, 0.5) is 11.5 Å². The zero-order valence-corrected chi connectivity index (χ0v) is 24.6. The van der Waals surface area contributed by atoms with Crippen molar-refractivity contribution in [3.8, 4) is 17.0 Å². The number of phenols is 1. The monoisotopic (exact) mass is 575 g/mol. The first-order valence-electron chi connectivity index (χ1n) is 16.1. The molecule has 0 bridgehead atoms. The van der Waals surface area contributed by atoms with Gasteiger partial charge in [0.25, 0.3) is 0 Å². The number of nitrogens with one attached hydrogen (secondary N) is 1. The van der Waals surface area contributed by atoms with Crippen LogP contribution in [0, 0.1) is 5.92 Å². The van der Waals surface area contributed by atoms with E-state index in [1.54, 1.807) is 6.07 Å². The number of aromatic nitrogens is 2. The van der Waals surface area contributed by atoms with Crippen LogP contribution in [0.3, 0.4) is 0 Å². The Morgan fingerprint density at radius 1 is 0.762 bits per heavy atom. The predicted octanol–water partition coefficient (Wildman–Crippen LogP) is 3.34. The molecule has 42 heavy (non-hydrogen) atoms. The molecule has 5 aliphatic rings. The molecular formula is C32H45N7O3. The van der Waals surface area contributed by atoms with Gasteiger partial charge in [-0.1, -0.05) is 12.1 Å². The third kappa shape index (κ3) is 5.56. The van der Waals surface area contributed by atoms with Gasteiger partial charge in [0, 0.05) is 49.9 Å². The maximum atomic E-state index is 11.3. The van der Waals surface area contributed by atoms with Crippen molar-refractivity contribution in [1.82, 2.24) is 24.9 Å². The van der Waals surface area contributed by atoms with Gasteiger partial charge in [0.1, 0.15) is 5.75 Å². The second-order valence-corrected chi connectivity index (χ2v) is 13.1. The molecule has 3 N–H and O–H groups in total. The third-order valence-electron chi connectivity index (χ3n) is 10.9. The van der Waals surface area contributed by atoms with Crippen LogP contribution < -0.4 is 10.2 Å². The predicted molar refractivity (Wildman–Crippen MR) is 163 cm³/mol. The number of benzene rings is 1. The van der Waals surface area contributed by atoms with E-state index in [4.69, 9.17) is 0 Å². The number of fused-ring (bicyclic) bond motifs is 3. The summed E-state index contributed by atoms with van der Waals surface area (Å²) in [6.45, 7) is 8.73. The lowest BCUT2D eigenvalue weighted by Crippen LogP contribution is -2.61. The molecule has 3 saturated heterocycles. The van der Waals surface area contributed by atoms with Gasteiger partial charge >= 0.3 is 5.97 Å². The number of aliphatic carboxylic acids is 1. The van der Waals surface area contributed by atoms with Crippen LogP contribution in [0.5, 0.6) is 5.75 Å². The Balaban J connectivity index is 0.897. The molecule has 0 amide bonds. The second kappa shape index (κ2) is 12.0. The summed E-state index contributed by atoms with van der Waals surface area (Å²) in [6, 6.07) is 11.8. The number of carbonyl (C=O) groups is 1. The Kier molecular flexibility index (Phi) is 7.94. The minimum atomic E-state index is -0.604. The second-order valence-electron chi connectivity index (χ2n) is 13.1. The lowest BCUT2D eigenvalue weighted by Gasteiger charge is -2.50. The highest BCUT2D eigenvalue weighted by Crippen LogP contribution is 2.37. The van der Waals surface area contributed by atoms with E-state index in [0.717, 1.165) is 63.4 Å². The third-order valence-corrected chi connectivity index (χ3v) is 10.9. The van der Waals surface area contributed by atoms with Crippen molar-refractivity contribution in [1.29, 1.82) is 0 Å². The molecule has 10 heteroatoms. The van der Waals surface area contributed by atoms with Crippen molar-refractivity contribution in [3.63, 3.8) is 0 Å². The van der Waals surface area contributed by atoms with Crippen molar-refractivity contribution in [2.75, 3.05) is 62.6 Å². The van der Waals surface area contributed by atoms with Crippen LogP contribution in [0.2, 0.25) is 0 Å². The van der Waals surface area contributed by atoms with Crippen LogP contribution in [0.15, 0.2) is 30.3 Å². The van der Waals surface area contributed by atoms with Crippen molar-refractivity contribution in [2.45, 2.75) is 75.5 Å². The Labute approximate surface area is 248 Å². The normalized spacial score (nSPS) is 28.6. The quantitative estimate of drug-likeness (QED) is 0.491. The van der Waals surface area contributed by atoms with E-state index < -0.39 is 5.97 Å². The SMILES string of the molecule is O=C(O)C1CCC(N2CCC(N3CCC(N4CCN5c6cc(-c7ccccc7O)nnc6NC[C@H]5C4)CC3)CC2)CC1. The van der Waals surface area contributed by atoms with E-state index in [1.165, 1.54) is 51.9 Å². The summed E-state index contributed by atoms with van der Waals surface area (Å²) in [5.41, 5.74) is 2.52. The molecule has 1 aromatic carbocycles. The number of nitrogens with zero attached hydrogens (tertiary/aromatic N) is 6. The number of piperidine rings is 2. The van der Waals surface area contributed by atoms with Gasteiger partial charge in [-0.05, 0) is 95.7 Å². The van der Waals surface area contributed by atoms with Crippen LogP contribution in [0.25, 0.3) is 11.3 Å². The molecule has 4 aliphatic heterocycles. The molecule has 0 unspecified atom stereocenters. The highest BCUT2D eigenvalue weighted by atomic mass is 16.4. The van der Waals surface area contributed by atoms with E-state index >= 15 is 0 Å². The topological polar surface area (TPSA) is 108 Å². The van der Waals surface area contributed by atoms with Crippen molar-refractivity contribution in [3.05, 3.63) is 30.3 Å². The molecule has 5 heterocycles. The molecule has 4 fully saturated rings. The molecule has 10 nitrogen and oxygen atoms in total. The smallest absolute Gasteiger partial charge is 0.306 e. The van der Waals surface area contributed by atoms with Gasteiger partial charge in [-0.2, -0.15) is 0 Å². The van der Waals surface area contributed by atoms with E-state index in [2.05, 4.69) is 41.2 Å². The largest absolute Gasteiger partial charge is 0.507 e. The maximum Gasteiger partial charge on any atom is 0.306 e. The Morgan fingerprint density at radius 2 is 1.40 bits per heavy atom. The Bertz CT molecular complexity index is 1250. The summed E-state index contributed by atoms with van der Waals surface area (Å²) in [5.74, 6) is 0.345. The van der Waals surface area contributed by atoms with Gasteiger partial charge in [-0.3, -0.25) is 9.69 Å². The molecular weight excluding hydrogens is 530 g/mol. The maximum absolute atomic E-state index is 11.3. The average molecular weight is 576 g/mol. The molecule has 2 aromatic rings. The first-order valence-corrected chi connectivity index (χ1v) is 16.1. The first kappa shape index (κ1) is 27.9. The van der Waals surface area contributed by atoms with Crippen molar-refractivity contribution < 1.29 is 15.0 Å². The fourth-order valence-corrected chi connectivity index (χ4v) is 8.39. The van der Waals surface area contributed by atoms with Crippen LogP contribution in [-0.4, -0.2) is 118 Å². The number of para-hydroxylation sites is 1. The standard InChI is InChI=1S/C32H45N7O3/c40-30-4-2-1-3-27(30)28-19-29-31(35-34-28)33-20-26-21-38(17-18-39(26)29)25-11-15-37(16-12-25)24-9-13-36(14-10-24)23-7-5-22(6-8-23)32(41)42/h1-4,19,22-26,40H,5-18,20-21H2,(H,33,35)(H,41,42)/t22?,23?,26-/m0/s1. The van der Waals surface area contributed by atoms with Crippen molar-refractivity contribution >= 4 is 17.5 Å². The summed E-state index contributed by atoms with van der Waals surface area (Å²) in [7, 11) is 0. The number of piperazine rings is 1. The highest BCUT2D eigenvalue weighted by Gasteiger charge is 2.38. The highest BCUT2D eigenvalue weighted by molar-refractivity contribution is 5.76. The molecule has 1 saturated carbocycles. The number of anilines is 2. The number of rotatable bonds is 5. The van der Waals surface area contributed by atoms with Gasteiger partial charge < -0.3 is 30.2 Å². The molecule has 0 radical (unpaired) electrons. The molecule has 226 valence electrons. The molecule has 0 spiro atoms. The van der Waals surface area contributed by atoms with E-state index in [-0.39, 0.29) is 11.7 Å². The van der Waals surface area contributed by atoms with Crippen LogP contribution in [0.1, 0.15) is 51.4 Å². The first-order chi connectivity index (χ1) is 20.5. The molecule has 1 aromatic heterocycles. The number of carboxylic acids is 1. The molecule has 1 aliphatic carbocycles. The number of hydrogen-bond acceptors (Lipinski definition) is 9. The van der Waals surface area contributed by atoms with E-state index in [1.807, 2.05) is 18.2 Å². The Hall–Kier alpha value is -2.95. The minimum Gasteiger partial charge on any atom is -0.507 e. The van der Waals surface area contributed by atoms with Gasteiger partial charge in [0.05, 0.1) is 23.3 Å². The summed E-state index contributed by atoms with van der Waals surface area (Å²) < 4.78 is 0. The van der Waals surface area contributed by atoms with Crippen LogP contribution in [-0.2, 0) is 4.79 Å². The van der Waals surface area contributed by atoms with Gasteiger partial charge in [-0.25, -0.2) is 0 Å². The number of aromatic hydroxyl groups is 1. The lowest BCUT2D eigenvalue weighted by atomic mass is 9.84. The number of carboxylic acid groups (broad SMARTS) is 1. The molecule has 7 rings (SSSR count). The zero-order chi connectivity index (χ0) is 28.6.